The maximum atomic E-state index is 13.4. The van der Waals surface area contributed by atoms with Crippen molar-refractivity contribution in [2.75, 3.05) is 18.4 Å². The van der Waals surface area contributed by atoms with E-state index in [1.165, 1.54) is 24.6 Å². The summed E-state index contributed by atoms with van der Waals surface area (Å²) in [7, 11) is 0. The van der Waals surface area contributed by atoms with Crippen LogP contribution in [0, 0.1) is 11.7 Å². The zero-order valence-electron chi connectivity index (χ0n) is 18.7. The molecule has 4 rings (SSSR count). The van der Waals surface area contributed by atoms with Gasteiger partial charge in [-0.05, 0) is 56.0 Å². The first-order valence-corrected chi connectivity index (χ1v) is 11.8. The number of halogens is 1. The van der Waals surface area contributed by atoms with E-state index in [-0.39, 0.29) is 29.7 Å². The first-order valence-electron chi connectivity index (χ1n) is 11.8. The smallest absolute Gasteiger partial charge is 0.253 e. The molecule has 2 aromatic rings. The van der Waals surface area contributed by atoms with E-state index in [4.69, 9.17) is 0 Å². The van der Waals surface area contributed by atoms with E-state index in [0.29, 0.717) is 42.7 Å². The van der Waals surface area contributed by atoms with Crippen molar-refractivity contribution >= 4 is 23.4 Å². The SMILES string of the molecule is O=C(NC1CCCCC1)c1ccccc1NC(=O)C1CCN(C(=O)c2cccc(F)c2)CC1. The van der Waals surface area contributed by atoms with Crippen molar-refractivity contribution in [3.8, 4) is 0 Å². The molecule has 2 aliphatic rings. The number of piperidine rings is 1. The zero-order valence-corrected chi connectivity index (χ0v) is 18.7. The van der Waals surface area contributed by atoms with Gasteiger partial charge in [-0.15, -0.1) is 0 Å². The van der Waals surface area contributed by atoms with Crippen LogP contribution in [-0.4, -0.2) is 41.8 Å². The van der Waals surface area contributed by atoms with Crippen molar-refractivity contribution in [2.24, 2.45) is 5.92 Å². The minimum absolute atomic E-state index is 0.147. The standard InChI is InChI=1S/C26H30FN3O3/c27-20-8-6-7-19(17-20)26(33)30-15-13-18(14-16-30)24(31)29-23-12-5-4-11-22(23)25(32)28-21-9-2-1-3-10-21/h4-8,11-12,17-18,21H,1-3,9-10,13-16H2,(H,28,32)(H,29,31). The van der Waals surface area contributed by atoms with Gasteiger partial charge in [0.05, 0.1) is 11.3 Å². The van der Waals surface area contributed by atoms with Gasteiger partial charge in [0.25, 0.3) is 11.8 Å². The largest absolute Gasteiger partial charge is 0.349 e. The molecule has 1 saturated carbocycles. The zero-order chi connectivity index (χ0) is 23.2. The highest BCUT2D eigenvalue weighted by atomic mass is 19.1. The van der Waals surface area contributed by atoms with E-state index in [9.17, 15) is 18.8 Å². The van der Waals surface area contributed by atoms with Crippen molar-refractivity contribution in [1.82, 2.24) is 10.2 Å². The minimum Gasteiger partial charge on any atom is -0.349 e. The van der Waals surface area contributed by atoms with Crippen LogP contribution in [0.25, 0.3) is 0 Å². The van der Waals surface area contributed by atoms with Crippen LogP contribution in [0.5, 0.6) is 0 Å². The van der Waals surface area contributed by atoms with Gasteiger partial charge in [-0.3, -0.25) is 14.4 Å². The number of hydrogen-bond donors (Lipinski definition) is 2. The molecule has 0 bridgehead atoms. The molecule has 6 nitrogen and oxygen atoms in total. The second-order valence-corrected chi connectivity index (χ2v) is 8.92. The summed E-state index contributed by atoms with van der Waals surface area (Å²) in [5.41, 5.74) is 1.29. The predicted octanol–water partition coefficient (Wildman–Crippen LogP) is 4.38. The first-order chi connectivity index (χ1) is 16.0. The Balaban J connectivity index is 1.34. The lowest BCUT2D eigenvalue weighted by Crippen LogP contribution is -2.41. The summed E-state index contributed by atoms with van der Waals surface area (Å²) in [6.07, 6.45) is 6.49. The summed E-state index contributed by atoms with van der Waals surface area (Å²) in [5, 5.41) is 6.03. The number of para-hydroxylation sites is 1. The topological polar surface area (TPSA) is 78.5 Å². The molecular formula is C26H30FN3O3. The Morgan fingerprint density at radius 3 is 2.33 bits per heavy atom. The summed E-state index contributed by atoms with van der Waals surface area (Å²) in [4.78, 5) is 40.0. The van der Waals surface area contributed by atoms with Gasteiger partial charge < -0.3 is 15.5 Å². The molecule has 2 aromatic carbocycles. The lowest BCUT2D eigenvalue weighted by atomic mass is 9.94. The number of amides is 3. The monoisotopic (exact) mass is 451 g/mol. The number of hydrogen-bond acceptors (Lipinski definition) is 3. The molecule has 33 heavy (non-hydrogen) atoms. The van der Waals surface area contributed by atoms with E-state index >= 15 is 0 Å². The second kappa shape index (κ2) is 10.6. The molecule has 0 radical (unpaired) electrons. The van der Waals surface area contributed by atoms with E-state index in [2.05, 4.69) is 10.6 Å². The number of carbonyl (C=O) groups excluding carboxylic acids is 3. The molecule has 2 N–H and O–H groups in total. The molecule has 0 spiro atoms. The Bertz CT molecular complexity index is 1010. The number of nitrogens with one attached hydrogen (secondary N) is 2. The van der Waals surface area contributed by atoms with Gasteiger partial charge in [0.15, 0.2) is 0 Å². The van der Waals surface area contributed by atoms with Crippen LogP contribution >= 0.6 is 0 Å². The molecule has 1 heterocycles. The summed E-state index contributed by atoms with van der Waals surface area (Å²) in [6, 6.07) is 12.9. The molecule has 7 heteroatoms. The molecule has 174 valence electrons. The van der Waals surface area contributed by atoms with Crippen LogP contribution < -0.4 is 10.6 Å². The number of carbonyl (C=O) groups is 3. The van der Waals surface area contributed by atoms with Gasteiger partial charge in [0.1, 0.15) is 5.82 Å². The highest BCUT2D eigenvalue weighted by molar-refractivity contribution is 6.04. The summed E-state index contributed by atoms with van der Waals surface area (Å²) in [6.45, 7) is 0.856. The molecule has 1 aliphatic carbocycles. The molecule has 1 aliphatic heterocycles. The van der Waals surface area contributed by atoms with Crippen molar-refractivity contribution in [2.45, 2.75) is 51.0 Å². The molecule has 0 unspecified atom stereocenters. The second-order valence-electron chi connectivity index (χ2n) is 8.92. The average molecular weight is 452 g/mol. The molecule has 3 amide bonds. The van der Waals surface area contributed by atoms with E-state index in [0.717, 1.165) is 25.7 Å². The van der Waals surface area contributed by atoms with Gasteiger partial charge >= 0.3 is 0 Å². The molecule has 0 atom stereocenters. The fraction of sp³-hybridized carbons (Fsp3) is 0.423. The van der Waals surface area contributed by atoms with Crippen LogP contribution in [0.2, 0.25) is 0 Å². The van der Waals surface area contributed by atoms with Crippen LogP contribution in [0.1, 0.15) is 65.7 Å². The predicted molar refractivity (Wildman–Crippen MR) is 124 cm³/mol. The van der Waals surface area contributed by atoms with Crippen LogP contribution in [0.15, 0.2) is 48.5 Å². The van der Waals surface area contributed by atoms with Crippen molar-refractivity contribution in [1.29, 1.82) is 0 Å². The fourth-order valence-corrected chi connectivity index (χ4v) is 4.68. The molecule has 2 fully saturated rings. The normalized spacial score (nSPS) is 17.4. The lowest BCUT2D eigenvalue weighted by molar-refractivity contribution is -0.121. The number of rotatable bonds is 5. The average Bonchev–Trinajstić information content (AvgIpc) is 2.84. The van der Waals surface area contributed by atoms with Gasteiger partial charge in [0, 0.05) is 30.6 Å². The van der Waals surface area contributed by atoms with Gasteiger partial charge in [0.2, 0.25) is 5.91 Å². The highest BCUT2D eigenvalue weighted by Crippen LogP contribution is 2.24. The third kappa shape index (κ3) is 5.78. The molecule has 0 aromatic heterocycles. The maximum absolute atomic E-state index is 13.4. The fourth-order valence-electron chi connectivity index (χ4n) is 4.68. The first kappa shape index (κ1) is 23.0. The van der Waals surface area contributed by atoms with Crippen molar-refractivity contribution < 1.29 is 18.8 Å². The highest BCUT2D eigenvalue weighted by Gasteiger charge is 2.29. The third-order valence-corrected chi connectivity index (χ3v) is 6.59. The third-order valence-electron chi connectivity index (χ3n) is 6.59. The van der Waals surface area contributed by atoms with E-state index in [1.807, 2.05) is 0 Å². The Labute approximate surface area is 193 Å². The number of likely N-dealkylation sites (tertiary alicyclic amines) is 1. The maximum Gasteiger partial charge on any atom is 0.253 e. The Morgan fingerprint density at radius 2 is 1.61 bits per heavy atom. The van der Waals surface area contributed by atoms with Crippen LogP contribution in [0.4, 0.5) is 10.1 Å². The van der Waals surface area contributed by atoms with Crippen molar-refractivity contribution in [3.63, 3.8) is 0 Å². The van der Waals surface area contributed by atoms with Crippen LogP contribution in [0.3, 0.4) is 0 Å². The summed E-state index contributed by atoms with van der Waals surface area (Å²) in [5.74, 6) is -1.23. The van der Waals surface area contributed by atoms with Gasteiger partial charge in [-0.25, -0.2) is 4.39 Å². The number of benzene rings is 2. The lowest BCUT2D eigenvalue weighted by Gasteiger charge is -2.31. The summed E-state index contributed by atoms with van der Waals surface area (Å²) >= 11 is 0. The summed E-state index contributed by atoms with van der Waals surface area (Å²) < 4.78 is 13.4. The van der Waals surface area contributed by atoms with Crippen LogP contribution in [-0.2, 0) is 4.79 Å². The number of anilines is 1. The van der Waals surface area contributed by atoms with Gasteiger partial charge in [-0.1, -0.05) is 37.5 Å². The Kier molecular flexibility index (Phi) is 7.37. The minimum atomic E-state index is -0.443. The number of nitrogens with zero attached hydrogens (tertiary/aromatic N) is 1. The molecule has 1 saturated heterocycles. The van der Waals surface area contributed by atoms with Gasteiger partial charge in [-0.2, -0.15) is 0 Å². The quantitative estimate of drug-likeness (QED) is 0.708. The van der Waals surface area contributed by atoms with E-state index < -0.39 is 5.82 Å². The van der Waals surface area contributed by atoms with E-state index in [1.54, 1.807) is 35.2 Å². The molecular weight excluding hydrogens is 421 g/mol. The van der Waals surface area contributed by atoms with Crippen molar-refractivity contribution in [3.05, 3.63) is 65.5 Å². The Hall–Kier alpha value is -3.22. The Morgan fingerprint density at radius 1 is 0.879 bits per heavy atom.